The Morgan fingerprint density at radius 3 is 2.78 bits per heavy atom. The number of hydrogen-bond acceptors (Lipinski definition) is 5. The molecule has 1 aromatic carbocycles. The molecule has 148 valence electrons. The summed E-state index contributed by atoms with van der Waals surface area (Å²) in [6.07, 6.45) is 5.16. The number of nitrogens with one attached hydrogen (secondary N) is 1. The van der Waals surface area contributed by atoms with E-state index in [0.29, 0.717) is 12.8 Å². The maximum atomic E-state index is 10.9. The third-order valence-corrected chi connectivity index (χ3v) is 5.64. The molecule has 3 atom stereocenters. The van der Waals surface area contributed by atoms with Gasteiger partial charge in [0.1, 0.15) is 5.76 Å². The second kappa shape index (κ2) is 9.00. The Hall–Kier alpha value is -1.69. The molecule has 5 heteroatoms. The molecule has 1 aromatic heterocycles. The third kappa shape index (κ3) is 5.41. The summed E-state index contributed by atoms with van der Waals surface area (Å²) in [6.45, 7) is 6.80. The summed E-state index contributed by atoms with van der Waals surface area (Å²) in [7, 11) is 0. The van der Waals surface area contributed by atoms with Gasteiger partial charge in [-0.1, -0.05) is 35.5 Å². The summed E-state index contributed by atoms with van der Waals surface area (Å²) < 4.78 is 11.3. The summed E-state index contributed by atoms with van der Waals surface area (Å²) in [5, 5.41) is 18.4. The van der Waals surface area contributed by atoms with E-state index >= 15 is 0 Å². The number of benzene rings is 1. The van der Waals surface area contributed by atoms with Gasteiger partial charge in [-0.15, -0.1) is 0 Å². The Balaban J connectivity index is 1.46. The van der Waals surface area contributed by atoms with Crippen LogP contribution in [0.5, 0.6) is 0 Å². The first-order valence-electron chi connectivity index (χ1n) is 10.1. The maximum absolute atomic E-state index is 10.9. The lowest BCUT2D eigenvalue weighted by Gasteiger charge is -2.37. The van der Waals surface area contributed by atoms with Gasteiger partial charge in [-0.25, -0.2) is 0 Å². The number of ether oxygens (including phenoxy) is 1. The highest BCUT2D eigenvalue weighted by atomic mass is 16.6. The summed E-state index contributed by atoms with van der Waals surface area (Å²) >= 11 is 0. The lowest BCUT2D eigenvalue weighted by atomic mass is 9.95. The molecular formula is C22H32N2O3. The zero-order valence-electron chi connectivity index (χ0n) is 16.7. The summed E-state index contributed by atoms with van der Waals surface area (Å²) in [5.74, 6) is -0.136. The van der Waals surface area contributed by atoms with E-state index in [-0.39, 0.29) is 12.1 Å². The molecule has 5 nitrogen and oxygen atoms in total. The van der Waals surface area contributed by atoms with Crippen molar-refractivity contribution in [1.29, 1.82) is 0 Å². The number of nitrogens with zero attached hydrogens (tertiary/aromatic N) is 1. The van der Waals surface area contributed by atoms with E-state index in [4.69, 9.17) is 9.26 Å². The van der Waals surface area contributed by atoms with Crippen molar-refractivity contribution in [3.8, 4) is 0 Å². The summed E-state index contributed by atoms with van der Waals surface area (Å²) in [5.41, 5.74) is 3.38. The van der Waals surface area contributed by atoms with E-state index in [1.807, 2.05) is 19.9 Å². The maximum Gasteiger partial charge on any atom is 0.166 e. The molecule has 3 rings (SSSR count). The molecule has 0 radical (unpaired) electrons. The monoisotopic (exact) mass is 372 g/mol. The predicted molar refractivity (Wildman–Crippen MR) is 105 cm³/mol. The normalized spacial score (nSPS) is 24.1. The zero-order valence-corrected chi connectivity index (χ0v) is 16.7. The van der Waals surface area contributed by atoms with Gasteiger partial charge in [-0.3, -0.25) is 0 Å². The van der Waals surface area contributed by atoms with Gasteiger partial charge in [-0.05, 0) is 52.0 Å². The van der Waals surface area contributed by atoms with Crippen molar-refractivity contribution in [3.63, 3.8) is 0 Å². The van der Waals surface area contributed by atoms with Crippen molar-refractivity contribution in [2.45, 2.75) is 77.2 Å². The molecule has 27 heavy (non-hydrogen) atoms. The van der Waals surface area contributed by atoms with Gasteiger partial charge in [-0.2, -0.15) is 0 Å². The van der Waals surface area contributed by atoms with E-state index in [2.05, 4.69) is 41.7 Å². The molecule has 2 aromatic rings. The van der Waals surface area contributed by atoms with E-state index < -0.39 is 5.79 Å². The van der Waals surface area contributed by atoms with Gasteiger partial charge in [0.2, 0.25) is 0 Å². The standard InChI is InChI=1S/C22H32N2O3/c1-16(19-8-5-4-6-9-19)23-15-14-22(25)13-7-10-20(26-22)11-12-21-17(2)24-27-18(21)3/h4-6,8-9,16,20,23,25H,7,10-15H2,1-3H3. The molecule has 2 heterocycles. The van der Waals surface area contributed by atoms with Gasteiger partial charge >= 0.3 is 0 Å². The first-order valence-corrected chi connectivity index (χ1v) is 10.1. The van der Waals surface area contributed by atoms with Crippen LogP contribution in [0.1, 0.15) is 67.7 Å². The van der Waals surface area contributed by atoms with Gasteiger partial charge in [0.25, 0.3) is 0 Å². The molecule has 1 aliphatic rings. The van der Waals surface area contributed by atoms with Crippen LogP contribution in [0.25, 0.3) is 0 Å². The molecule has 0 saturated carbocycles. The average molecular weight is 373 g/mol. The highest BCUT2D eigenvalue weighted by Crippen LogP contribution is 2.31. The number of hydrogen-bond donors (Lipinski definition) is 2. The van der Waals surface area contributed by atoms with Gasteiger partial charge in [0.15, 0.2) is 5.79 Å². The topological polar surface area (TPSA) is 67.5 Å². The minimum Gasteiger partial charge on any atom is -0.365 e. The molecule has 1 fully saturated rings. The molecule has 3 unspecified atom stereocenters. The average Bonchev–Trinajstić information content (AvgIpc) is 2.98. The first-order chi connectivity index (χ1) is 13.0. The van der Waals surface area contributed by atoms with Crippen LogP contribution in [0, 0.1) is 13.8 Å². The fourth-order valence-electron chi connectivity index (χ4n) is 3.93. The second-order valence-electron chi connectivity index (χ2n) is 7.76. The third-order valence-electron chi connectivity index (χ3n) is 5.64. The van der Waals surface area contributed by atoms with Gasteiger partial charge < -0.3 is 19.7 Å². The quantitative estimate of drug-likeness (QED) is 0.726. The number of rotatable bonds is 8. The first kappa shape index (κ1) is 20.1. The van der Waals surface area contributed by atoms with Crippen LogP contribution in [0.2, 0.25) is 0 Å². The molecule has 0 amide bonds. The van der Waals surface area contributed by atoms with Gasteiger partial charge in [0.05, 0.1) is 11.8 Å². The fraction of sp³-hybridized carbons (Fsp3) is 0.591. The van der Waals surface area contributed by atoms with Crippen LogP contribution in [-0.2, 0) is 11.2 Å². The van der Waals surface area contributed by atoms with Gasteiger partial charge in [0, 0.05) is 31.0 Å². The number of aliphatic hydroxyl groups is 1. The van der Waals surface area contributed by atoms with E-state index in [1.54, 1.807) is 0 Å². The van der Waals surface area contributed by atoms with Crippen molar-refractivity contribution in [3.05, 3.63) is 52.9 Å². The van der Waals surface area contributed by atoms with Crippen molar-refractivity contribution < 1.29 is 14.4 Å². The lowest BCUT2D eigenvalue weighted by Crippen LogP contribution is -2.43. The molecule has 2 N–H and O–H groups in total. The van der Waals surface area contributed by atoms with E-state index in [9.17, 15) is 5.11 Å². The van der Waals surface area contributed by atoms with E-state index in [1.165, 1.54) is 11.1 Å². The fourth-order valence-corrected chi connectivity index (χ4v) is 3.93. The Morgan fingerprint density at radius 1 is 1.30 bits per heavy atom. The van der Waals surface area contributed by atoms with Crippen LogP contribution in [0.15, 0.2) is 34.9 Å². The molecule has 0 aliphatic carbocycles. The SMILES string of the molecule is Cc1noc(C)c1CCC1CCCC(O)(CCNC(C)c2ccccc2)O1. The van der Waals surface area contributed by atoms with Crippen LogP contribution in [0.4, 0.5) is 0 Å². The number of aromatic nitrogens is 1. The van der Waals surface area contributed by atoms with Crippen molar-refractivity contribution in [2.75, 3.05) is 6.54 Å². The minimum absolute atomic E-state index is 0.0870. The van der Waals surface area contributed by atoms with Crippen molar-refractivity contribution in [2.24, 2.45) is 0 Å². The molecular weight excluding hydrogens is 340 g/mol. The minimum atomic E-state index is -1.02. The predicted octanol–water partition coefficient (Wildman–Crippen LogP) is 4.22. The lowest BCUT2D eigenvalue weighted by molar-refractivity contribution is -0.256. The molecule has 1 aliphatic heterocycles. The highest BCUT2D eigenvalue weighted by Gasteiger charge is 2.34. The number of aryl methyl sites for hydroxylation is 2. The van der Waals surface area contributed by atoms with Crippen LogP contribution in [0.3, 0.4) is 0 Å². The zero-order chi connectivity index (χ0) is 19.3. The van der Waals surface area contributed by atoms with E-state index in [0.717, 1.165) is 43.7 Å². The van der Waals surface area contributed by atoms with Crippen LogP contribution in [-0.4, -0.2) is 28.7 Å². The van der Waals surface area contributed by atoms with Crippen molar-refractivity contribution >= 4 is 0 Å². The Morgan fingerprint density at radius 2 is 2.07 bits per heavy atom. The van der Waals surface area contributed by atoms with Crippen LogP contribution >= 0.6 is 0 Å². The Kier molecular flexibility index (Phi) is 6.68. The summed E-state index contributed by atoms with van der Waals surface area (Å²) in [6, 6.07) is 10.6. The molecule has 0 bridgehead atoms. The smallest absolute Gasteiger partial charge is 0.166 e. The largest absolute Gasteiger partial charge is 0.365 e. The highest BCUT2D eigenvalue weighted by molar-refractivity contribution is 5.21. The van der Waals surface area contributed by atoms with Crippen molar-refractivity contribution in [1.82, 2.24) is 10.5 Å². The summed E-state index contributed by atoms with van der Waals surface area (Å²) in [4.78, 5) is 0. The van der Waals surface area contributed by atoms with Crippen LogP contribution < -0.4 is 5.32 Å². The Labute approximate surface area is 162 Å². The Bertz CT molecular complexity index is 696. The second-order valence-corrected chi connectivity index (χ2v) is 7.76. The molecule has 1 saturated heterocycles. The molecule has 0 spiro atoms.